The largest absolute Gasteiger partial charge is 0.359 e. The maximum absolute atomic E-state index is 11.8. The van der Waals surface area contributed by atoms with Gasteiger partial charge in [-0.05, 0) is 25.7 Å². The second-order valence-electron chi connectivity index (χ2n) is 5.65. The van der Waals surface area contributed by atoms with E-state index < -0.39 is 0 Å². The summed E-state index contributed by atoms with van der Waals surface area (Å²) in [6.07, 6.45) is 13.7. The number of carbonyl (C=O) groups excluding carboxylic acids is 1. The van der Waals surface area contributed by atoms with Crippen LogP contribution < -0.4 is 5.32 Å². The average Bonchev–Trinajstić information content (AvgIpc) is 2.41. The third-order valence-electron chi connectivity index (χ3n) is 3.76. The lowest BCUT2D eigenvalue weighted by molar-refractivity contribution is -0.126. The number of hydrogen-bond acceptors (Lipinski definition) is 2. The summed E-state index contributed by atoms with van der Waals surface area (Å²) in [6, 6.07) is 0. The summed E-state index contributed by atoms with van der Waals surface area (Å²) in [7, 11) is 0. The van der Waals surface area contributed by atoms with Crippen molar-refractivity contribution < 1.29 is 9.53 Å². The molecule has 19 heavy (non-hydrogen) atoms. The van der Waals surface area contributed by atoms with Crippen molar-refractivity contribution in [1.82, 2.24) is 5.32 Å². The van der Waals surface area contributed by atoms with E-state index in [0.29, 0.717) is 6.42 Å². The van der Waals surface area contributed by atoms with Gasteiger partial charge < -0.3 is 10.1 Å². The first kappa shape index (κ1) is 16.5. The molecule has 1 saturated heterocycles. The minimum Gasteiger partial charge on any atom is -0.359 e. The van der Waals surface area contributed by atoms with Crippen LogP contribution in [0, 0.1) is 0 Å². The molecule has 1 unspecified atom stereocenters. The van der Waals surface area contributed by atoms with Crippen LogP contribution in [0.1, 0.15) is 84.0 Å². The molecule has 1 amide bonds. The van der Waals surface area contributed by atoms with Crippen LogP contribution >= 0.6 is 0 Å². The van der Waals surface area contributed by atoms with Crippen molar-refractivity contribution in [2.45, 2.75) is 90.2 Å². The molecule has 1 N–H and O–H groups in total. The zero-order chi connectivity index (χ0) is 13.8. The highest BCUT2D eigenvalue weighted by molar-refractivity contribution is 5.75. The molecule has 112 valence electrons. The van der Waals surface area contributed by atoms with Crippen LogP contribution in [0.3, 0.4) is 0 Å². The maximum Gasteiger partial charge on any atom is 0.221 e. The van der Waals surface area contributed by atoms with Gasteiger partial charge in [-0.2, -0.15) is 0 Å². The summed E-state index contributed by atoms with van der Waals surface area (Å²) in [4.78, 5) is 11.8. The Kier molecular flexibility index (Phi) is 9.78. The van der Waals surface area contributed by atoms with Crippen LogP contribution in [0.25, 0.3) is 0 Å². The molecule has 0 radical (unpaired) electrons. The summed E-state index contributed by atoms with van der Waals surface area (Å²) in [5, 5.41) is 3.05. The first-order valence-electron chi connectivity index (χ1n) is 8.24. The van der Waals surface area contributed by atoms with Gasteiger partial charge in [0.1, 0.15) is 6.23 Å². The van der Waals surface area contributed by atoms with Gasteiger partial charge in [-0.15, -0.1) is 0 Å². The van der Waals surface area contributed by atoms with E-state index in [1.165, 1.54) is 38.5 Å². The fourth-order valence-electron chi connectivity index (χ4n) is 2.49. The Morgan fingerprint density at radius 1 is 1.05 bits per heavy atom. The van der Waals surface area contributed by atoms with E-state index in [2.05, 4.69) is 12.2 Å². The van der Waals surface area contributed by atoms with Gasteiger partial charge in [0.05, 0.1) is 0 Å². The number of nitrogens with one attached hydrogen (secondary N) is 1. The van der Waals surface area contributed by atoms with Crippen LogP contribution in [-0.4, -0.2) is 18.7 Å². The molecule has 0 bridgehead atoms. The van der Waals surface area contributed by atoms with Crippen LogP contribution in [0.5, 0.6) is 0 Å². The minimum absolute atomic E-state index is 0.0557. The first-order chi connectivity index (χ1) is 9.33. The SMILES string of the molecule is CCCCOC1CCCCCCCCCCC(=O)N1. The summed E-state index contributed by atoms with van der Waals surface area (Å²) < 4.78 is 5.80. The average molecular weight is 269 g/mol. The van der Waals surface area contributed by atoms with Gasteiger partial charge in [0, 0.05) is 13.0 Å². The molecule has 1 fully saturated rings. The van der Waals surface area contributed by atoms with Gasteiger partial charge in [-0.1, -0.05) is 51.9 Å². The van der Waals surface area contributed by atoms with Crippen molar-refractivity contribution in [2.24, 2.45) is 0 Å². The molecule has 0 saturated carbocycles. The van der Waals surface area contributed by atoms with Gasteiger partial charge in [0.25, 0.3) is 0 Å². The highest BCUT2D eigenvalue weighted by Crippen LogP contribution is 2.13. The number of rotatable bonds is 4. The Morgan fingerprint density at radius 3 is 2.37 bits per heavy atom. The van der Waals surface area contributed by atoms with E-state index in [1.54, 1.807) is 0 Å². The van der Waals surface area contributed by atoms with E-state index in [1.807, 2.05) is 0 Å². The normalized spacial score (nSPS) is 23.8. The maximum atomic E-state index is 11.8. The van der Waals surface area contributed by atoms with Crippen LogP contribution in [-0.2, 0) is 9.53 Å². The lowest BCUT2D eigenvalue weighted by Crippen LogP contribution is -2.37. The van der Waals surface area contributed by atoms with Gasteiger partial charge in [-0.25, -0.2) is 0 Å². The van der Waals surface area contributed by atoms with E-state index in [0.717, 1.165) is 38.7 Å². The Bertz CT molecular complexity index is 231. The van der Waals surface area contributed by atoms with Crippen molar-refractivity contribution in [1.29, 1.82) is 0 Å². The molecule has 1 aliphatic heterocycles. The van der Waals surface area contributed by atoms with E-state index in [-0.39, 0.29) is 12.1 Å². The Morgan fingerprint density at radius 2 is 1.68 bits per heavy atom. The van der Waals surface area contributed by atoms with Gasteiger partial charge in [0.2, 0.25) is 5.91 Å². The third-order valence-corrected chi connectivity index (χ3v) is 3.76. The van der Waals surface area contributed by atoms with Crippen molar-refractivity contribution in [3.63, 3.8) is 0 Å². The van der Waals surface area contributed by atoms with Crippen LogP contribution in [0.2, 0.25) is 0 Å². The molecule has 0 spiro atoms. The molecular weight excluding hydrogens is 238 g/mol. The van der Waals surface area contributed by atoms with Crippen LogP contribution in [0.4, 0.5) is 0 Å². The molecule has 3 nitrogen and oxygen atoms in total. The highest BCUT2D eigenvalue weighted by Gasteiger charge is 2.12. The molecule has 1 aliphatic rings. The zero-order valence-electron chi connectivity index (χ0n) is 12.6. The fraction of sp³-hybridized carbons (Fsp3) is 0.938. The molecule has 0 aliphatic carbocycles. The first-order valence-corrected chi connectivity index (χ1v) is 8.24. The molecule has 0 aromatic rings. The topological polar surface area (TPSA) is 38.3 Å². The standard InChI is InChI=1S/C16H31NO2/c1-2-3-14-19-16-13-11-9-7-5-4-6-8-10-12-15(18)17-16/h16H,2-14H2,1H3,(H,17,18). The molecule has 1 rings (SSSR count). The predicted octanol–water partition coefficient (Wildman–Crippen LogP) is 4.16. The second-order valence-corrected chi connectivity index (χ2v) is 5.65. The van der Waals surface area contributed by atoms with Gasteiger partial charge in [-0.3, -0.25) is 4.79 Å². The lowest BCUT2D eigenvalue weighted by atomic mass is 10.1. The third kappa shape index (κ3) is 9.04. The number of hydrogen-bond donors (Lipinski definition) is 1. The Balaban J connectivity index is 2.34. The summed E-state index contributed by atoms with van der Waals surface area (Å²) in [5.41, 5.74) is 0. The van der Waals surface area contributed by atoms with Crippen molar-refractivity contribution in [3.8, 4) is 0 Å². The monoisotopic (exact) mass is 269 g/mol. The molecular formula is C16H31NO2. The van der Waals surface area contributed by atoms with Crippen molar-refractivity contribution in [2.75, 3.05) is 6.61 Å². The van der Waals surface area contributed by atoms with Gasteiger partial charge >= 0.3 is 0 Å². The van der Waals surface area contributed by atoms with E-state index >= 15 is 0 Å². The quantitative estimate of drug-likeness (QED) is 0.778. The Labute approximate surface area is 118 Å². The molecule has 1 heterocycles. The molecule has 1 atom stereocenters. The zero-order valence-corrected chi connectivity index (χ0v) is 12.6. The van der Waals surface area contributed by atoms with Crippen molar-refractivity contribution in [3.05, 3.63) is 0 Å². The minimum atomic E-state index is -0.0557. The van der Waals surface area contributed by atoms with Crippen LogP contribution in [0.15, 0.2) is 0 Å². The fourth-order valence-corrected chi connectivity index (χ4v) is 2.49. The molecule has 0 aromatic heterocycles. The van der Waals surface area contributed by atoms with E-state index in [9.17, 15) is 4.79 Å². The molecule has 0 aromatic carbocycles. The summed E-state index contributed by atoms with van der Waals surface area (Å²) in [6.45, 7) is 2.92. The van der Waals surface area contributed by atoms with Gasteiger partial charge in [0.15, 0.2) is 0 Å². The van der Waals surface area contributed by atoms with E-state index in [4.69, 9.17) is 4.74 Å². The second kappa shape index (κ2) is 11.3. The summed E-state index contributed by atoms with van der Waals surface area (Å²) in [5.74, 6) is 0.167. The highest BCUT2D eigenvalue weighted by atomic mass is 16.5. The van der Waals surface area contributed by atoms with Crippen molar-refractivity contribution >= 4 is 5.91 Å². The smallest absolute Gasteiger partial charge is 0.221 e. The predicted molar refractivity (Wildman–Crippen MR) is 79.0 cm³/mol. The Hall–Kier alpha value is -0.570. The lowest BCUT2D eigenvalue weighted by Gasteiger charge is -2.19. The number of unbranched alkanes of at least 4 members (excludes halogenated alkanes) is 1. The number of ether oxygens (including phenoxy) is 1. The number of amides is 1. The molecule has 3 heteroatoms. The number of carbonyl (C=O) groups is 1. The summed E-state index contributed by atoms with van der Waals surface area (Å²) >= 11 is 0.